The highest BCUT2D eigenvalue weighted by atomic mass is 16.4. The number of hydrogen-bond donors (Lipinski definition) is 2. The van der Waals surface area contributed by atoms with Crippen LogP contribution in [0.25, 0.3) is 0 Å². The van der Waals surface area contributed by atoms with Crippen LogP contribution in [0.5, 0.6) is 0 Å². The quantitative estimate of drug-likeness (QED) is 0.741. The van der Waals surface area contributed by atoms with Crippen molar-refractivity contribution in [2.75, 3.05) is 13.6 Å². The molecule has 0 heterocycles. The third-order valence-corrected chi connectivity index (χ3v) is 2.98. The van der Waals surface area contributed by atoms with Gasteiger partial charge in [0, 0.05) is 19.6 Å². The minimum atomic E-state index is -0.897. The number of aliphatic carboxylic acids is 1. The van der Waals surface area contributed by atoms with E-state index in [0.29, 0.717) is 11.8 Å². The summed E-state index contributed by atoms with van der Waals surface area (Å²) in [6.45, 7) is 4.62. The molecule has 3 unspecified atom stereocenters. The van der Waals surface area contributed by atoms with Gasteiger partial charge in [0.2, 0.25) is 0 Å². The average Bonchev–Trinajstić information content (AvgIpc) is 2.79. The van der Waals surface area contributed by atoms with Gasteiger partial charge in [-0.25, -0.2) is 4.79 Å². The van der Waals surface area contributed by atoms with Crippen LogP contribution in [-0.2, 0) is 4.79 Å². The van der Waals surface area contributed by atoms with Crippen LogP contribution < -0.4 is 5.32 Å². The van der Waals surface area contributed by atoms with Gasteiger partial charge in [0.1, 0.15) is 0 Å². The zero-order valence-corrected chi connectivity index (χ0v) is 10.1. The first-order chi connectivity index (χ1) is 7.40. The Morgan fingerprint density at radius 3 is 2.56 bits per heavy atom. The molecule has 2 N–H and O–H groups in total. The van der Waals surface area contributed by atoms with E-state index >= 15 is 0 Å². The lowest BCUT2D eigenvalue weighted by Crippen LogP contribution is -2.43. The molecule has 1 aliphatic rings. The second-order valence-corrected chi connectivity index (χ2v) is 4.80. The zero-order chi connectivity index (χ0) is 12.3. The standard InChI is InChI=1S/C11H20N2O3/c1-7-4-9(7)6-13(3)11(16)12-8(2)5-10(14)15/h7-9H,4-6H2,1-3H3,(H,12,16)(H,14,15). The smallest absolute Gasteiger partial charge is 0.317 e. The molecule has 0 aromatic rings. The number of carboxylic acid groups (broad SMARTS) is 1. The molecule has 16 heavy (non-hydrogen) atoms. The Kier molecular flexibility index (Phi) is 4.15. The van der Waals surface area contributed by atoms with Crippen molar-refractivity contribution in [2.24, 2.45) is 11.8 Å². The maximum absolute atomic E-state index is 11.6. The minimum Gasteiger partial charge on any atom is -0.481 e. The van der Waals surface area contributed by atoms with Gasteiger partial charge in [-0.3, -0.25) is 4.79 Å². The van der Waals surface area contributed by atoms with E-state index in [4.69, 9.17) is 5.11 Å². The fourth-order valence-corrected chi connectivity index (χ4v) is 1.72. The molecule has 5 heteroatoms. The minimum absolute atomic E-state index is 0.0423. The third-order valence-electron chi connectivity index (χ3n) is 2.98. The lowest BCUT2D eigenvalue weighted by Gasteiger charge is -2.20. The summed E-state index contributed by atoms with van der Waals surface area (Å²) in [5, 5.41) is 11.2. The summed E-state index contributed by atoms with van der Waals surface area (Å²) >= 11 is 0. The average molecular weight is 228 g/mol. The lowest BCUT2D eigenvalue weighted by molar-refractivity contribution is -0.137. The molecule has 0 aliphatic heterocycles. The Bertz CT molecular complexity index is 280. The molecule has 5 nitrogen and oxygen atoms in total. The van der Waals surface area contributed by atoms with Gasteiger partial charge in [-0.05, 0) is 25.2 Å². The first kappa shape index (κ1) is 12.8. The molecule has 0 bridgehead atoms. The Hall–Kier alpha value is -1.26. The molecule has 3 atom stereocenters. The van der Waals surface area contributed by atoms with E-state index in [1.165, 1.54) is 6.42 Å². The molecule has 1 aliphatic carbocycles. The van der Waals surface area contributed by atoms with E-state index < -0.39 is 5.97 Å². The number of hydrogen-bond acceptors (Lipinski definition) is 2. The Morgan fingerprint density at radius 1 is 1.56 bits per heavy atom. The van der Waals surface area contributed by atoms with Crippen LogP contribution in [0.15, 0.2) is 0 Å². The van der Waals surface area contributed by atoms with E-state index in [-0.39, 0.29) is 18.5 Å². The molecule has 0 aromatic heterocycles. The van der Waals surface area contributed by atoms with Crippen LogP contribution in [0.1, 0.15) is 26.7 Å². The summed E-state index contributed by atoms with van der Waals surface area (Å²) in [6.07, 6.45) is 1.14. The van der Waals surface area contributed by atoms with Gasteiger partial charge < -0.3 is 15.3 Å². The summed E-state index contributed by atoms with van der Waals surface area (Å²) < 4.78 is 0. The van der Waals surface area contributed by atoms with Gasteiger partial charge in [0.25, 0.3) is 0 Å². The molecule has 2 amide bonds. The zero-order valence-electron chi connectivity index (χ0n) is 10.1. The number of carbonyl (C=O) groups excluding carboxylic acids is 1. The molecule has 0 radical (unpaired) electrons. The molecule has 1 saturated carbocycles. The van der Waals surface area contributed by atoms with Crippen LogP contribution in [0.4, 0.5) is 4.79 Å². The van der Waals surface area contributed by atoms with Crippen LogP contribution in [0.2, 0.25) is 0 Å². The maximum Gasteiger partial charge on any atom is 0.317 e. The van der Waals surface area contributed by atoms with E-state index in [2.05, 4.69) is 12.2 Å². The van der Waals surface area contributed by atoms with E-state index in [1.54, 1.807) is 18.9 Å². The number of urea groups is 1. The van der Waals surface area contributed by atoms with E-state index in [9.17, 15) is 9.59 Å². The number of amides is 2. The van der Waals surface area contributed by atoms with Crippen LogP contribution in [0.3, 0.4) is 0 Å². The largest absolute Gasteiger partial charge is 0.481 e. The predicted molar refractivity (Wildman–Crippen MR) is 60.1 cm³/mol. The van der Waals surface area contributed by atoms with Gasteiger partial charge in [0.05, 0.1) is 6.42 Å². The molecular formula is C11H20N2O3. The summed E-state index contributed by atoms with van der Waals surface area (Å²) in [5.41, 5.74) is 0. The van der Waals surface area contributed by atoms with Crippen molar-refractivity contribution in [3.05, 3.63) is 0 Å². The van der Waals surface area contributed by atoms with Gasteiger partial charge >= 0.3 is 12.0 Å². The monoisotopic (exact) mass is 228 g/mol. The highest BCUT2D eigenvalue weighted by Gasteiger charge is 2.34. The maximum atomic E-state index is 11.6. The predicted octanol–water partition coefficient (Wildman–Crippen LogP) is 1.15. The number of rotatable bonds is 5. The fourth-order valence-electron chi connectivity index (χ4n) is 1.72. The van der Waals surface area contributed by atoms with Gasteiger partial charge in [-0.15, -0.1) is 0 Å². The van der Waals surface area contributed by atoms with Crippen LogP contribution in [0, 0.1) is 11.8 Å². The van der Waals surface area contributed by atoms with Crippen molar-refractivity contribution < 1.29 is 14.7 Å². The molecule has 92 valence electrons. The van der Waals surface area contributed by atoms with Gasteiger partial charge in [-0.2, -0.15) is 0 Å². The van der Waals surface area contributed by atoms with Crippen molar-refractivity contribution in [1.82, 2.24) is 10.2 Å². The molecule has 0 aromatic carbocycles. The van der Waals surface area contributed by atoms with Crippen molar-refractivity contribution in [1.29, 1.82) is 0 Å². The topological polar surface area (TPSA) is 69.6 Å². The second-order valence-electron chi connectivity index (χ2n) is 4.80. The summed E-state index contributed by atoms with van der Waals surface area (Å²) in [7, 11) is 1.74. The Balaban J connectivity index is 2.25. The summed E-state index contributed by atoms with van der Waals surface area (Å²) in [6, 6.07) is -0.517. The second kappa shape index (κ2) is 5.18. The SMILES string of the molecule is CC(CC(=O)O)NC(=O)N(C)CC1CC1C. The summed E-state index contributed by atoms with van der Waals surface area (Å²) in [5.74, 6) is 0.434. The highest BCUT2D eigenvalue weighted by Crippen LogP contribution is 2.37. The highest BCUT2D eigenvalue weighted by molar-refractivity contribution is 5.75. The van der Waals surface area contributed by atoms with Crippen molar-refractivity contribution in [3.8, 4) is 0 Å². The van der Waals surface area contributed by atoms with Crippen LogP contribution in [-0.4, -0.2) is 41.6 Å². The number of nitrogens with one attached hydrogen (secondary N) is 1. The first-order valence-electron chi connectivity index (χ1n) is 5.63. The number of nitrogens with zero attached hydrogens (tertiary/aromatic N) is 1. The first-order valence-corrected chi connectivity index (χ1v) is 5.63. The number of carbonyl (C=O) groups is 2. The van der Waals surface area contributed by atoms with Gasteiger partial charge in [0.15, 0.2) is 0 Å². The van der Waals surface area contributed by atoms with Crippen molar-refractivity contribution in [3.63, 3.8) is 0 Å². The number of carboxylic acids is 1. The molecule has 0 spiro atoms. The molecular weight excluding hydrogens is 208 g/mol. The third kappa shape index (κ3) is 4.08. The molecule has 1 fully saturated rings. The molecule has 1 rings (SSSR count). The van der Waals surface area contributed by atoms with Crippen molar-refractivity contribution in [2.45, 2.75) is 32.7 Å². The van der Waals surface area contributed by atoms with Crippen LogP contribution >= 0.6 is 0 Å². The fraction of sp³-hybridized carbons (Fsp3) is 0.818. The van der Waals surface area contributed by atoms with E-state index in [1.807, 2.05) is 0 Å². The summed E-state index contributed by atoms with van der Waals surface area (Å²) in [4.78, 5) is 23.7. The van der Waals surface area contributed by atoms with Gasteiger partial charge in [-0.1, -0.05) is 6.92 Å². The van der Waals surface area contributed by atoms with E-state index in [0.717, 1.165) is 6.54 Å². The van der Waals surface area contributed by atoms with Crippen molar-refractivity contribution >= 4 is 12.0 Å². The molecule has 0 saturated heterocycles. The Labute approximate surface area is 95.8 Å². The lowest BCUT2D eigenvalue weighted by atomic mass is 10.2. The Morgan fingerprint density at radius 2 is 2.12 bits per heavy atom. The normalized spacial score (nSPS) is 24.7.